The summed E-state index contributed by atoms with van der Waals surface area (Å²) in [6.07, 6.45) is 0.555. The molecule has 0 radical (unpaired) electrons. The monoisotopic (exact) mass is 571 g/mol. The van der Waals surface area contributed by atoms with Gasteiger partial charge in [0.05, 0.1) is 30.4 Å². The van der Waals surface area contributed by atoms with Crippen molar-refractivity contribution in [3.05, 3.63) is 48.0 Å². The van der Waals surface area contributed by atoms with Crippen molar-refractivity contribution in [2.24, 2.45) is 0 Å². The topological polar surface area (TPSA) is 88.2 Å². The molecule has 1 fully saturated rings. The highest BCUT2D eigenvalue weighted by atomic mass is 32.2. The zero-order valence-electron chi connectivity index (χ0n) is 22.5. The second kappa shape index (κ2) is 13.4. The molecule has 1 unspecified atom stereocenters. The van der Waals surface area contributed by atoms with Crippen LogP contribution in [-0.2, 0) is 21.0 Å². The molecule has 1 amide bonds. The number of likely N-dealkylation sites (tertiary alicyclic amines) is 1. The number of hydrogen-bond acceptors (Lipinski definition) is 6. The van der Waals surface area contributed by atoms with Crippen LogP contribution in [0.4, 0.5) is 18.9 Å². The maximum absolute atomic E-state index is 13.7. The Bertz CT molecular complexity index is 1220. The lowest BCUT2D eigenvalue weighted by molar-refractivity contribution is -0.137. The predicted molar refractivity (Wildman–Crippen MR) is 143 cm³/mol. The number of anilines is 1. The maximum atomic E-state index is 13.7. The molecule has 0 aromatic heterocycles. The summed E-state index contributed by atoms with van der Waals surface area (Å²) in [5.41, 5.74) is -1.31. The molecule has 39 heavy (non-hydrogen) atoms. The van der Waals surface area contributed by atoms with Crippen molar-refractivity contribution in [3.8, 4) is 11.5 Å². The molecule has 1 aliphatic heterocycles. The summed E-state index contributed by atoms with van der Waals surface area (Å²) in [6, 6.07) is 8.24. The number of rotatable bonds is 12. The number of sulfonamides is 1. The second-order valence-corrected chi connectivity index (χ2v) is 11.2. The van der Waals surface area contributed by atoms with E-state index in [0.717, 1.165) is 44.5 Å². The molecule has 2 aromatic rings. The second-order valence-electron chi connectivity index (χ2n) is 9.37. The van der Waals surface area contributed by atoms with E-state index in [-0.39, 0.29) is 22.1 Å². The fraction of sp³-hybridized carbons (Fsp3) is 0.519. The summed E-state index contributed by atoms with van der Waals surface area (Å²) in [5.74, 6) is -0.226. The number of hydrogen-bond donors (Lipinski definition) is 1. The Hall–Kier alpha value is -2.99. The van der Waals surface area contributed by atoms with Crippen molar-refractivity contribution >= 4 is 21.6 Å². The number of ether oxygens (including phenoxy) is 2. The SMILES string of the molecule is CCC1CCCCN1CCCNC(=O)CN(c1cccc(C(F)(F)F)c1)S(=O)(=O)c1ccc(OC)c(OC)c1. The van der Waals surface area contributed by atoms with Crippen LogP contribution in [-0.4, -0.2) is 65.7 Å². The lowest BCUT2D eigenvalue weighted by atomic mass is 10.00. The summed E-state index contributed by atoms with van der Waals surface area (Å²) in [7, 11) is -1.75. The molecule has 0 saturated carbocycles. The Morgan fingerprint density at radius 3 is 2.51 bits per heavy atom. The third-order valence-electron chi connectivity index (χ3n) is 6.86. The van der Waals surface area contributed by atoms with Gasteiger partial charge in [0.1, 0.15) is 6.54 Å². The summed E-state index contributed by atoms with van der Waals surface area (Å²) < 4.78 is 78.6. The summed E-state index contributed by atoms with van der Waals surface area (Å²) >= 11 is 0. The number of amides is 1. The van der Waals surface area contributed by atoms with Crippen molar-refractivity contribution in [3.63, 3.8) is 0 Å². The van der Waals surface area contributed by atoms with Crippen molar-refractivity contribution < 1.29 is 35.9 Å². The van der Waals surface area contributed by atoms with Crippen LogP contribution in [0, 0.1) is 0 Å². The number of benzene rings is 2. The van der Waals surface area contributed by atoms with Crippen LogP contribution < -0.4 is 19.1 Å². The molecule has 8 nitrogen and oxygen atoms in total. The lowest BCUT2D eigenvalue weighted by Gasteiger charge is -2.35. The van der Waals surface area contributed by atoms with Crippen molar-refractivity contribution in [1.29, 1.82) is 0 Å². The zero-order chi connectivity index (χ0) is 28.6. The van der Waals surface area contributed by atoms with E-state index in [9.17, 15) is 26.4 Å². The van der Waals surface area contributed by atoms with Gasteiger partial charge in [-0.05, 0) is 62.6 Å². The number of nitrogens with zero attached hydrogens (tertiary/aromatic N) is 2. The maximum Gasteiger partial charge on any atom is 0.416 e. The van der Waals surface area contributed by atoms with E-state index in [0.29, 0.717) is 29.4 Å². The fourth-order valence-electron chi connectivity index (χ4n) is 4.77. The van der Waals surface area contributed by atoms with Gasteiger partial charge in [-0.25, -0.2) is 8.42 Å². The Balaban J connectivity index is 1.81. The Morgan fingerprint density at radius 2 is 1.85 bits per heavy atom. The first-order chi connectivity index (χ1) is 18.5. The number of nitrogens with one attached hydrogen (secondary N) is 1. The molecule has 2 aromatic carbocycles. The minimum Gasteiger partial charge on any atom is -0.493 e. The number of halogens is 3. The van der Waals surface area contributed by atoms with Crippen LogP contribution in [0.25, 0.3) is 0 Å². The van der Waals surface area contributed by atoms with Crippen molar-refractivity contribution in [2.75, 3.05) is 44.7 Å². The van der Waals surface area contributed by atoms with Gasteiger partial charge in [-0.1, -0.05) is 19.4 Å². The van der Waals surface area contributed by atoms with Gasteiger partial charge in [-0.3, -0.25) is 9.10 Å². The minimum absolute atomic E-state index is 0.120. The molecule has 1 heterocycles. The van der Waals surface area contributed by atoms with Gasteiger partial charge in [0, 0.05) is 25.2 Å². The van der Waals surface area contributed by atoms with Gasteiger partial charge in [-0.15, -0.1) is 0 Å². The van der Waals surface area contributed by atoms with Crippen molar-refractivity contribution in [2.45, 2.75) is 56.1 Å². The largest absolute Gasteiger partial charge is 0.493 e. The van der Waals surface area contributed by atoms with E-state index >= 15 is 0 Å². The summed E-state index contributed by atoms with van der Waals surface area (Å²) in [4.78, 5) is 15.0. The highest BCUT2D eigenvalue weighted by molar-refractivity contribution is 7.92. The first-order valence-electron chi connectivity index (χ1n) is 12.9. The number of carbonyl (C=O) groups is 1. The third-order valence-corrected chi connectivity index (χ3v) is 8.63. The third kappa shape index (κ3) is 7.78. The zero-order valence-corrected chi connectivity index (χ0v) is 23.3. The molecule has 0 bridgehead atoms. The van der Waals surface area contributed by atoms with E-state index < -0.39 is 34.2 Å². The van der Waals surface area contributed by atoms with E-state index in [1.165, 1.54) is 44.9 Å². The number of piperidine rings is 1. The molecule has 3 rings (SSSR count). The number of alkyl halides is 3. The van der Waals surface area contributed by atoms with Crippen LogP contribution in [0.5, 0.6) is 11.5 Å². The molecule has 0 aliphatic carbocycles. The Labute approximate surface area is 228 Å². The van der Waals surface area contributed by atoms with Gasteiger partial charge in [-0.2, -0.15) is 13.2 Å². The lowest BCUT2D eigenvalue weighted by Crippen LogP contribution is -2.43. The highest BCUT2D eigenvalue weighted by Crippen LogP contribution is 2.35. The average molecular weight is 572 g/mol. The van der Waals surface area contributed by atoms with Gasteiger partial charge >= 0.3 is 6.18 Å². The number of carbonyl (C=O) groups excluding carboxylic acids is 1. The minimum atomic E-state index is -4.69. The van der Waals surface area contributed by atoms with Crippen LogP contribution in [0.2, 0.25) is 0 Å². The highest BCUT2D eigenvalue weighted by Gasteiger charge is 2.33. The van der Waals surface area contributed by atoms with Crippen LogP contribution in [0.3, 0.4) is 0 Å². The normalized spacial score (nSPS) is 16.5. The smallest absolute Gasteiger partial charge is 0.416 e. The van der Waals surface area contributed by atoms with Crippen LogP contribution >= 0.6 is 0 Å². The fourth-order valence-corrected chi connectivity index (χ4v) is 6.20. The van der Waals surface area contributed by atoms with Crippen LogP contribution in [0.1, 0.15) is 44.6 Å². The van der Waals surface area contributed by atoms with E-state index in [4.69, 9.17) is 9.47 Å². The molecular formula is C27H36F3N3O5S. The van der Waals surface area contributed by atoms with Gasteiger partial charge in [0.15, 0.2) is 11.5 Å². The quantitative estimate of drug-likeness (QED) is 0.372. The van der Waals surface area contributed by atoms with E-state index in [2.05, 4.69) is 17.1 Å². The Kier molecular flexibility index (Phi) is 10.5. The average Bonchev–Trinajstić information content (AvgIpc) is 2.93. The number of methoxy groups -OCH3 is 2. The molecule has 1 saturated heterocycles. The van der Waals surface area contributed by atoms with Gasteiger partial charge in [0.2, 0.25) is 5.91 Å². The molecular weight excluding hydrogens is 535 g/mol. The van der Waals surface area contributed by atoms with Gasteiger partial charge < -0.3 is 19.7 Å². The molecule has 12 heteroatoms. The molecule has 1 N–H and O–H groups in total. The molecule has 1 atom stereocenters. The first kappa shape index (κ1) is 30.6. The van der Waals surface area contributed by atoms with Crippen LogP contribution in [0.15, 0.2) is 47.4 Å². The predicted octanol–water partition coefficient (Wildman–Crippen LogP) is 4.69. The Morgan fingerprint density at radius 1 is 1.10 bits per heavy atom. The van der Waals surface area contributed by atoms with Gasteiger partial charge in [0.25, 0.3) is 10.0 Å². The van der Waals surface area contributed by atoms with E-state index in [1.54, 1.807) is 0 Å². The van der Waals surface area contributed by atoms with Crippen molar-refractivity contribution in [1.82, 2.24) is 10.2 Å². The molecule has 0 spiro atoms. The summed E-state index contributed by atoms with van der Waals surface area (Å²) in [6.45, 7) is 3.60. The molecule has 1 aliphatic rings. The standard InChI is InChI=1S/C27H36F3N3O5S/c1-4-21-10-5-6-15-32(21)16-8-14-31-26(34)19-33(22-11-7-9-20(17-22)27(28,29)30)39(35,36)23-12-13-24(37-2)25(18-23)38-3/h7,9,11-13,17-18,21H,4-6,8,10,14-16,19H2,1-3H3,(H,31,34). The first-order valence-corrected chi connectivity index (χ1v) is 14.4. The molecule has 216 valence electrons. The van der Waals surface area contributed by atoms with E-state index in [1.807, 2.05) is 0 Å². The summed E-state index contributed by atoms with van der Waals surface area (Å²) in [5, 5.41) is 2.73.